The first-order valence-corrected chi connectivity index (χ1v) is 6.26. The molecule has 0 atom stereocenters. The van der Waals surface area contributed by atoms with Crippen LogP contribution in [0.1, 0.15) is 24.2 Å². The van der Waals surface area contributed by atoms with Gasteiger partial charge in [-0.2, -0.15) is 0 Å². The highest BCUT2D eigenvalue weighted by Crippen LogP contribution is 2.26. The molecule has 110 valence electrons. The lowest BCUT2D eigenvalue weighted by molar-refractivity contribution is -0.128. The molecule has 1 aromatic carbocycles. The van der Waals surface area contributed by atoms with E-state index in [1.807, 2.05) is 0 Å². The third-order valence-electron chi connectivity index (χ3n) is 3.05. The molecule has 0 saturated carbocycles. The van der Waals surface area contributed by atoms with E-state index in [2.05, 4.69) is 10.6 Å². The second-order valence-corrected chi connectivity index (χ2v) is 5.08. The smallest absolute Gasteiger partial charge is 0.340 e. The van der Waals surface area contributed by atoms with Crippen molar-refractivity contribution in [1.82, 2.24) is 5.32 Å². The highest BCUT2D eigenvalue weighted by molar-refractivity contribution is 5.98. The summed E-state index contributed by atoms with van der Waals surface area (Å²) in [6.07, 6.45) is 0. The van der Waals surface area contributed by atoms with E-state index in [1.165, 1.54) is 7.11 Å². The number of ether oxygens (including phenoxy) is 1. The Balaban J connectivity index is 2.98. The molecule has 6 heteroatoms. The number of nitrogens with two attached hydrogens (primary N) is 1. The number of nitrogen functional groups attached to an aromatic ring is 1. The molecule has 6 nitrogen and oxygen atoms in total. The minimum absolute atomic E-state index is 0.0980. The Labute approximate surface area is 118 Å². The van der Waals surface area contributed by atoms with E-state index in [-0.39, 0.29) is 5.91 Å². The summed E-state index contributed by atoms with van der Waals surface area (Å²) < 4.78 is 4.72. The Bertz CT molecular complexity index is 512. The third kappa shape index (κ3) is 3.40. The minimum Gasteiger partial charge on any atom is -0.465 e. The van der Waals surface area contributed by atoms with E-state index in [4.69, 9.17) is 10.5 Å². The van der Waals surface area contributed by atoms with Crippen LogP contribution in [-0.4, -0.2) is 32.6 Å². The van der Waals surface area contributed by atoms with Gasteiger partial charge in [0.2, 0.25) is 5.91 Å². The second kappa shape index (κ2) is 6.27. The molecule has 0 aromatic heterocycles. The molecule has 0 heterocycles. The Morgan fingerprint density at radius 1 is 1.35 bits per heavy atom. The molecule has 1 amide bonds. The van der Waals surface area contributed by atoms with Gasteiger partial charge < -0.3 is 21.1 Å². The molecule has 0 aliphatic heterocycles. The van der Waals surface area contributed by atoms with E-state index in [9.17, 15) is 9.59 Å². The molecule has 20 heavy (non-hydrogen) atoms. The number of carbonyl (C=O) groups is 2. The van der Waals surface area contributed by atoms with Crippen molar-refractivity contribution in [2.45, 2.75) is 13.8 Å². The Hall–Kier alpha value is -2.24. The number of hydrogen-bond donors (Lipinski definition) is 3. The summed E-state index contributed by atoms with van der Waals surface area (Å²) in [5.74, 6) is -0.573. The van der Waals surface area contributed by atoms with Crippen LogP contribution in [0.4, 0.5) is 11.4 Å². The number of para-hydroxylation sites is 1. The average molecular weight is 279 g/mol. The summed E-state index contributed by atoms with van der Waals surface area (Å²) in [7, 11) is 2.89. The molecule has 0 fully saturated rings. The van der Waals surface area contributed by atoms with Gasteiger partial charge in [-0.25, -0.2) is 4.79 Å². The zero-order chi connectivity index (χ0) is 15.3. The van der Waals surface area contributed by atoms with E-state index < -0.39 is 11.4 Å². The van der Waals surface area contributed by atoms with Crippen molar-refractivity contribution in [3.8, 4) is 0 Å². The van der Waals surface area contributed by atoms with Crippen LogP contribution < -0.4 is 16.4 Å². The van der Waals surface area contributed by atoms with Gasteiger partial charge in [0.05, 0.1) is 29.5 Å². The van der Waals surface area contributed by atoms with Crippen LogP contribution in [0.15, 0.2) is 18.2 Å². The van der Waals surface area contributed by atoms with Crippen LogP contribution in [-0.2, 0) is 9.53 Å². The molecule has 0 aliphatic carbocycles. The van der Waals surface area contributed by atoms with Crippen molar-refractivity contribution >= 4 is 23.3 Å². The topological polar surface area (TPSA) is 93.5 Å². The van der Waals surface area contributed by atoms with Crippen LogP contribution in [0.2, 0.25) is 0 Å². The summed E-state index contributed by atoms with van der Waals surface area (Å²) >= 11 is 0. The third-order valence-corrected chi connectivity index (χ3v) is 3.05. The fourth-order valence-corrected chi connectivity index (χ4v) is 1.78. The lowest BCUT2D eigenvalue weighted by Gasteiger charge is -2.24. The highest BCUT2D eigenvalue weighted by Gasteiger charge is 2.27. The van der Waals surface area contributed by atoms with Gasteiger partial charge in [0.25, 0.3) is 0 Å². The van der Waals surface area contributed by atoms with Crippen molar-refractivity contribution in [1.29, 1.82) is 0 Å². The lowest BCUT2D eigenvalue weighted by Crippen LogP contribution is -2.39. The van der Waals surface area contributed by atoms with Gasteiger partial charge >= 0.3 is 5.97 Å². The SMILES string of the molecule is CNC(=O)C(C)(C)CNc1c(N)cccc1C(=O)OC. The first kappa shape index (κ1) is 15.8. The van der Waals surface area contributed by atoms with Crippen molar-refractivity contribution in [2.24, 2.45) is 5.41 Å². The van der Waals surface area contributed by atoms with Gasteiger partial charge in [-0.3, -0.25) is 4.79 Å². The second-order valence-electron chi connectivity index (χ2n) is 5.08. The fourth-order valence-electron chi connectivity index (χ4n) is 1.78. The maximum Gasteiger partial charge on any atom is 0.340 e. The number of esters is 1. The molecule has 0 aliphatic rings. The molecular weight excluding hydrogens is 258 g/mol. The molecule has 1 aromatic rings. The summed E-state index contributed by atoms with van der Waals surface area (Å²) in [6, 6.07) is 4.98. The predicted molar refractivity (Wildman–Crippen MR) is 78.5 cm³/mol. The Morgan fingerprint density at radius 3 is 2.55 bits per heavy atom. The largest absolute Gasteiger partial charge is 0.465 e. The molecule has 0 unspecified atom stereocenters. The van der Waals surface area contributed by atoms with Crippen molar-refractivity contribution in [3.05, 3.63) is 23.8 Å². The zero-order valence-electron chi connectivity index (χ0n) is 12.2. The number of rotatable bonds is 5. The van der Waals surface area contributed by atoms with Gasteiger partial charge in [-0.1, -0.05) is 6.07 Å². The summed E-state index contributed by atoms with van der Waals surface area (Å²) in [5, 5.41) is 5.67. The summed E-state index contributed by atoms with van der Waals surface area (Å²) in [5.41, 5.74) is 6.51. The highest BCUT2D eigenvalue weighted by atomic mass is 16.5. The van der Waals surface area contributed by atoms with E-state index >= 15 is 0 Å². The van der Waals surface area contributed by atoms with Crippen LogP contribution >= 0.6 is 0 Å². The van der Waals surface area contributed by atoms with Gasteiger partial charge in [0.1, 0.15) is 0 Å². The minimum atomic E-state index is -0.635. The molecule has 0 spiro atoms. The normalized spacial score (nSPS) is 10.8. The van der Waals surface area contributed by atoms with Crippen molar-refractivity contribution in [3.63, 3.8) is 0 Å². The average Bonchev–Trinajstić information content (AvgIpc) is 2.43. The monoisotopic (exact) mass is 279 g/mol. The van der Waals surface area contributed by atoms with E-state index in [0.717, 1.165) is 0 Å². The fraction of sp³-hybridized carbons (Fsp3) is 0.429. The molecule has 0 bridgehead atoms. The molecular formula is C14H21N3O3. The quantitative estimate of drug-likeness (QED) is 0.557. The van der Waals surface area contributed by atoms with Gasteiger partial charge in [0, 0.05) is 13.6 Å². The van der Waals surface area contributed by atoms with E-state index in [1.54, 1.807) is 39.1 Å². The predicted octanol–water partition coefficient (Wildman–Crippen LogP) is 1.24. The maximum absolute atomic E-state index is 11.7. The maximum atomic E-state index is 11.7. The number of hydrogen-bond acceptors (Lipinski definition) is 5. The van der Waals surface area contributed by atoms with Gasteiger partial charge in [0.15, 0.2) is 0 Å². The molecule has 4 N–H and O–H groups in total. The number of nitrogens with one attached hydrogen (secondary N) is 2. The first-order chi connectivity index (χ1) is 9.33. The number of carbonyl (C=O) groups excluding carboxylic acids is 2. The molecule has 0 radical (unpaired) electrons. The van der Waals surface area contributed by atoms with E-state index in [0.29, 0.717) is 23.5 Å². The van der Waals surface area contributed by atoms with Crippen LogP contribution in [0, 0.1) is 5.41 Å². The Kier molecular flexibility index (Phi) is 4.96. The number of amides is 1. The standard InChI is InChI=1S/C14H21N3O3/c1-14(2,13(19)16-3)8-17-11-9(12(18)20-4)6-5-7-10(11)15/h5-7,17H,8,15H2,1-4H3,(H,16,19). The molecule has 0 saturated heterocycles. The Morgan fingerprint density at radius 2 is 2.00 bits per heavy atom. The number of anilines is 2. The first-order valence-electron chi connectivity index (χ1n) is 6.26. The van der Waals surface area contributed by atoms with Gasteiger partial charge in [-0.15, -0.1) is 0 Å². The lowest BCUT2D eigenvalue weighted by atomic mass is 9.92. The summed E-state index contributed by atoms with van der Waals surface area (Å²) in [4.78, 5) is 23.4. The van der Waals surface area contributed by atoms with Gasteiger partial charge in [-0.05, 0) is 26.0 Å². The summed E-state index contributed by atoms with van der Waals surface area (Å²) in [6.45, 7) is 3.94. The van der Waals surface area contributed by atoms with Crippen LogP contribution in [0.25, 0.3) is 0 Å². The van der Waals surface area contributed by atoms with Crippen molar-refractivity contribution < 1.29 is 14.3 Å². The number of benzene rings is 1. The van der Waals surface area contributed by atoms with Crippen LogP contribution in [0.3, 0.4) is 0 Å². The van der Waals surface area contributed by atoms with Crippen molar-refractivity contribution in [2.75, 3.05) is 31.8 Å². The van der Waals surface area contributed by atoms with Crippen LogP contribution in [0.5, 0.6) is 0 Å². The zero-order valence-corrected chi connectivity index (χ0v) is 12.2. The number of methoxy groups -OCH3 is 1. The molecule has 1 rings (SSSR count).